The van der Waals surface area contributed by atoms with E-state index in [2.05, 4.69) is 10.8 Å². The van der Waals surface area contributed by atoms with Crippen molar-refractivity contribution in [1.29, 1.82) is 0 Å². The summed E-state index contributed by atoms with van der Waals surface area (Å²) in [6.45, 7) is 7.94. The topological polar surface area (TPSA) is 38.3 Å². The average molecular weight is 269 g/mol. The van der Waals surface area contributed by atoms with Gasteiger partial charge in [-0.05, 0) is 51.8 Å². The van der Waals surface area contributed by atoms with Gasteiger partial charge >= 0.3 is 0 Å². The van der Waals surface area contributed by atoms with Crippen molar-refractivity contribution in [3.63, 3.8) is 0 Å². The third-order valence-corrected chi connectivity index (χ3v) is 4.27. The fourth-order valence-corrected chi connectivity index (χ4v) is 2.36. The van der Waals surface area contributed by atoms with Gasteiger partial charge in [-0.25, -0.2) is 8.93 Å². The standard InChI is InChI=1S/C14H23NO2S/c1-11(15-18(16)14(2,3)4)9-12-7-6-8-13(10-12)17-5/h6-8,10-11,15H,9H2,1-5H3. The van der Waals surface area contributed by atoms with E-state index >= 15 is 0 Å². The molecule has 0 fully saturated rings. The van der Waals surface area contributed by atoms with Crippen LogP contribution in [0.4, 0.5) is 0 Å². The molecular formula is C14H23NO2S. The lowest BCUT2D eigenvalue weighted by molar-refractivity contribution is 0.414. The SMILES string of the molecule is COc1cccc(CC(C)NS(=O)C(C)(C)C)c1. The second-order valence-corrected chi connectivity index (χ2v) is 7.45. The highest BCUT2D eigenvalue weighted by molar-refractivity contribution is 7.84. The Morgan fingerprint density at radius 2 is 2.06 bits per heavy atom. The van der Waals surface area contributed by atoms with Gasteiger partial charge in [0.15, 0.2) is 0 Å². The molecule has 102 valence electrons. The Bertz CT molecular complexity index is 413. The Morgan fingerprint density at radius 1 is 1.39 bits per heavy atom. The monoisotopic (exact) mass is 269 g/mol. The predicted octanol–water partition coefficient (Wildman–Crippen LogP) is 2.68. The first-order valence-corrected chi connectivity index (χ1v) is 7.29. The van der Waals surface area contributed by atoms with Crippen LogP contribution in [-0.2, 0) is 17.4 Å². The number of nitrogens with one attached hydrogen (secondary N) is 1. The molecule has 1 aromatic rings. The van der Waals surface area contributed by atoms with Crippen molar-refractivity contribution >= 4 is 11.0 Å². The number of hydrogen-bond acceptors (Lipinski definition) is 2. The van der Waals surface area contributed by atoms with Crippen LogP contribution < -0.4 is 9.46 Å². The summed E-state index contributed by atoms with van der Waals surface area (Å²) in [5, 5.41) is 0. The molecule has 0 heterocycles. The molecule has 1 rings (SSSR count). The van der Waals surface area contributed by atoms with Crippen molar-refractivity contribution < 1.29 is 8.95 Å². The first-order valence-electron chi connectivity index (χ1n) is 6.14. The molecular weight excluding hydrogens is 246 g/mol. The molecule has 4 heteroatoms. The average Bonchev–Trinajstić information content (AvgIpc) is 2.27. The summed E-state index contributed by atoms with van der Waals surface area (Å²) >= 11 is 0. The molecule has 0 amide bonds. The van der Waals surface area contributed by atoms with E-state index < -0.39 is 11.0 Å². The van der Waals surface area contributed by atoms with Gasteiger partial charge in [0.25, 0.3) is 0 Å². The highest BCUT2D eigenvalue weighted by Crippen LogP contribution is 2.15. The van der Waals surface area contributed by atoms with Crippen LogP contribution in [0.5, 0.6) is 5.75 Å². The number of rotatable bonds is 5. The molecule has 1 aromatic carbocycles. The smallest absolute Gasteiger partial charge is 0.119 e. The van der Waals surface area contributed by atoms with Gasteiger partial charge < -0.3 is 4.74 Å². The van der Waals surface area contributed by atoms with Crippen molar-refractivity contribution in [2.75, 3.05) is 7.11 Å². The summed E-state index contributed by atoms with van der Waals surface area (Å²) in [6.07, 6.45) is 0.832. The number of benzene rings is 1. The summed E-state index contributed by atoms with van der Waals surface area (Å²) in [5.41, 5.74) is 1.18. The molecule has 1 N–H and O–H groups in total. The minimum absolute atomic E-state index is 0.164. The van der Waals surface area contributed by atoms with E-state index in [1.54, 1.807) is 7.11 Å². The van der Waals surface area contributed by atoms with Crippen molar-refractivity contribution in [1.82, 2.24) is 4.72 Å². The molecule has 18 heavy (non-hydrogen) atoms. The van der Waals surface area contributed by atoms with Gasteiger partial charge in [0.2, 0.25) is 0 Å². The molecule has 0 saturated carbocycles. The second-order valence-electron chi connectivity index (χ2n) is 5.46. The van der Waals surface area contributed by atoms with E-state index in [1.165, 1.54) is 5.56 Å². The maximum Gasteiger partial charge on any atom is 0.119 e. The van der Waals surface area contributed by atoms with Gasteiger partial charge in [0.05, 0.1) is 22.8 Å². The van der Waals surface area contributed by atoms with E-state index in [4.69, 9.17) is 4.74 Å². The van der Waals surface area contributed by atoms with Crippen molar-refractivity contribution in [2.24, 2.45) is 0 Å². The lowest BCUT2D eigenvalue weighted by Gasteiger charge is -2.22. The predicted molar refractivity (Wildman–Crippen MR) is 77.2 cm³/mol. The fraction of sp³-hybridized carbons (Fsp3) is 0.571. The minimum Gasteiger partial charge on any atom is -0.497 e. The molecule has 0 radical (unpaired) electrons. The molecule has 0 saturated heterocycles. The largest absolute Gasteiger partial charge is 0.497 e. The first kappa shape index (κ1) is 15.2. The second kappa shape index (κ2) is 6.34. The van der Waals surface area contributed by atoms with Crippen molar-refractivity contribution in [3.05, 3.63) is 29.8 Å². The summed E-state index contributed by atoms with van der Waals surface area (Å²) < 4.78 is 20.1. The Balaban J connectivity index is 2.59. The Morgan fingerprint density at radius 3 is 2.61 bits per heavy atom. The zero-order chi connectivity index (χ0) is 13.8. The van der Waals surface area contributed by atoms with Gasteiger partial charge in [-0.15, -0.1) is 0 Å². The zero-order valence-corrected chi connectivity index (χ0v) is 12.6. The third kappa shape index (κ3) is 4.78. The van der Waals surface area contributed by atoms with Crippen LogP contribution in [0, 0.1) is 0 Å². The third-order valence-electron chi connectivity index (χ3n) is 2.54. The number of hydrogen-bond donors (Lipinski definition) is 1. The lowest BCUT2D eigenvalue weighted by atomic mass is 10.1. The van der Waals surface area contributed by atoms with Crippen LogP contribution in [0.2, 0.25) is 0 Å². The fourth-order valence-electron chi connectivity index (χ4n) is 1.55. The zero-order valence-electron chi connectivity index (χ0n) is 11.8. The summed E-state index contributed by atoms with van der Waals surface area (Å²) in [6, 6.07) is 8.13. The number of ether oxygens (including phenoxy) is 1. The van der Waals surface area contributed by atoms with Gasteiger partial charge in [0, 0.05) is 6.04 Å². The Labute approximate surface area is 113 Å². The molecule has 0 spiro atoms. The van der Waals surface area contributed by atoms with E-state index in [9.17, 15) is 4.21 Å². The molecule has 0 aliphatic carbocycles. The molecule has 0 aliphatic heterocycles. The molecule has 3 nitrogen and oxygen atoms in total. The van der Waals surface area contributed by atoms with E-state index in [-0.39, 0.29) is 10.8 Å². The van der Waals surface area contributed by atoms with Crippen LogP contribution >= 0.6 is 0 Å². The van der Waals surface area contributed by atoms with Crippen molar-refractivity contribution in [2.45, 2.75) is 44.9 Å². The molecule has 2 atom stereocenters. The van der Waals surface area contributed by atoms with E-state index in [0.29, 0.717) is 0 Å². The molecule has 2 unspecified atom stereocenters. The van der Waals surface area contributed by atoms with Crippen LogP contribution in [-0.4, -0.2) is 22.1 Å². The quantitative estimate of drug-likeness (QED) is 0.892. The first-order chi connectivity index (χ1) is 8.32. The van der Waals surface area contributed by atoms with Gasteiger partial charge in [-0.1, -0.05) is 12.1 Å². The molecule has 0 aliphatic rings. The van der Waals surface area contributed by atoms with Gasteiger partial charge in [-0.3, -0.25) is 0 Å². The van der Waals surface area contributed by atoms with Crippen LogP contribution in [0.1, 0.15) is 33.3 Å². The van der Waals surface area contributed by atoms with Crippen LogP contribution in [0.25, 0.3) is 0 Å². The molecule has 0 bridgehead atoms. The highest BCUT2D eigenvalue weighted by Gasteiger charge is 2.21. The number of methoxy groups -OCH3 is 1. The van der Waals surface area contributed by atoms with Crippen LogP contribution in [0.3, 0.4) is 0 Å². The minimum atomic E-state index is -1.03. The van der Waals surface area contributed by atoms with Gasteiger partial charge in [-0.2, -0.15) is 0 Å². The van der Waals surface area contributed by atoms with Crippen molar-refractivity contribution in [3.8, 4) is 5.75 Å². The summed E-state index contributed by atoms with van der Waals surface area (Å²) in [7, 11) is 0.633. The normalized spacial score (nSPS) is 15.2. The van der Waals surface area contributed by atoms with Crippen LogP contribution in [0.15, 0.2) is 24.3 Å². The maximum absolute atomic E-state index is 12.0. The summed E-state index contributed by atoms with van der Waals surface area (Å²) in [5.74, 6) is 0.858. The van der Waals surface area contributed by atoms with E-state index in [1.807, 2.05) is 45.9 Å². The Hall–Kier alpha value is -0.870. The highest BCUT2D eigenvalue weighted by atomic mass is 32.2. The Kier molecular flexibility index (Phi) is 5.35. The van der Waals surface area contributed by atoms with E-state index in [0.717, 1.165) is 12.2 Å². The van der Waals surface area contributed by atoms with Gasteiger partial charge in [0.1, 0.15) is 5.75 Å². The molecule has 0 aromatic heterocycles. The summed E-state index contributed by atoms with van der Waals surface area (Å²) in [4.78, 5) is 0. The maximum atomic E-state index is 12.0. The lowest BCUT2D eigenvalue weighted by Crippen LogP contribution is -2.39.